The number of nitrogens with zero attached hydrogens (tertiary/aromatic N) is 1. The van der Waals surface area contributed by atoms with Crippen LogP contribution >= 0.6 is 0 Å². The molecule has 1 amide bonds. The number of hydrogen-bond donors (Lipinski definition) is 2. The number of aromatic nitrogens is 2. The largest absolute Gasteiger partial charge is 0.321 e. The Morgan fingerprint density at radius 1 is 1.27 bits per heavy atom. The predicted octanol–water partition coefficient (Wildman–Crippen LogP) is 0.778. The molecule has 0 aliphatic carbocycles. The van der Waals surface area contributed by atoms with Gasteiger partial charge in [-0.05, 0) is 12.3 Å². The predicted molar refractivity (Wildman–Crippen MR) is 55.9 cm³/mol. The summed E-state index contributed by atoms with van der Waals surface area (Å²) in [4.78, 5) is 22.6. The van der Waals surface area contributed by atoms with Gasteiger partial charge in [0, 0.05) is 12.0 Å². The topological polar surface area (TPSA) is 74.8 Å². The molecule has 1 aliphatic heterocycles. The van der Waals surface area contributed by atoms with E-state index in [9.17, 15) is 9.59 Å². The number of amides is 1. The molecule has 0 saturated carbocycles. The standard InChI is InChI=1S/C10H13N3O2/c1-5(2)8-6-3-4-7(14)11-9(6)10(15)13-12-8/h5H,3-4H2,1-2H3,(H,11,14)(H,13,15). The minimum atomic E-state index is -0.317. The fourth-order valence-electron chi connectivity index (χ4n) is 1.80. The quantitative estimate of drug-likeness (QED) is 0.714. The lowest BCUT2D eigenvalue weighted by atomic mass is 9.97. The Morgan fingerprint density at radius 2 is 2.00 bits per heavy atom. The van der Waals surface area contributed by atoms with Gasteiger partial charge in [-0.25, -0.2) is 5.10 Å². The Hall–Kier alpha value is -1.65. The first-order valence-corrected chi connectivity index (χ1v) is 5.01. The van der Waals surface area contributed by atoms with Crippen LogP contribution in [0.4, 0.5) is 5.69 Å². The lowest BCUT2D eigenvalue weighted by Crippen LogP contribution is -2.28. The molecule has 0 aromatic carbocycles. The van der Waals surface area contributed by atoms with E-state index < -0.39 is 0 Å². The van der Waals surface area contributed by atoms with Gasteiger partial charge in [-0.15, -0.1) is 0 Å². The van der Waals surface area contributed by atoms with Gasteiger partial charge in [0.1, 0.15) is 5.69 Å². The number of nitrogens with one attached hydrogen (secondary N) is 2. The van der Waals surface area contributed by atoms with Gasteiger partial charge in [-0.2, -0.15) is 5.10 Å². The van der Waals surface area contributed by atoms with Gasteiger partial charge < -0.3 is 5.32 Å². The van der Waals surface area contributed by atoms with Gasteiger partial charge in [0.05, 0.1) is 5.69 Å². The molecule has 80 valence electrons. The van der Waals surface area contributed by atoms with Crippen LogP contribution in [-0.2, 0) is 11.2 Å². The van der Waals surface area contributed by atoms with E-state index in [1.54, 1.807) is 0 Å². The molecule has 0 atom stereocenters. The van der Waals surface area contributed by atoms with Crippen molar-refractivity contribution in [1.82, 2.24) is 10.2 Å². The zero-order valence-electron chi connectivity index (χ0n) is 8.76. The number of carbonyl (C=O) groups is 1. The van der Waals surface area contributed by atoms with Crippen LogP contribution in [0, 0.1) is 0 Å². The molecule has 0 bridgehead atoms. The second-order valence-electron chi connectivity index (χ2n) is 3.99. The highest BCUT2D eigenvalue weighted by Gasteiger charge is 2.22. The smallest absolute Gasteiger partial charge is 0.288 e. The number of fused-ring (bicyclic) bond motifs is 1. The van der Waals surface area contributed by atoms with Crippen molar-refractivity contribution >= 4 is 11.6 Å². The summed E-state index contributed by atoms with van der Waals surface area (Å²) >= 11 is 0. The molecule has 0 radical (unpaired) electrons. The molecule has 2 N–H and O–H groups in total. The molecule has 2 rings (SSSR count). The number of hydrogen-bond acceptors (Lipinski definition) is 3. The second-order valence-corrected chi connectivity index (χ2v) is 3.99. The molecule has 5 nitrogen and oxygen atoms in total. The molecule has 1 aromatic rings. The minimum Gasteiger partial charge on any atom is -0.321 e. The van der Waals surface area contributed by atoms with E-state index in [0.29, 0.717) is 18.5 Å². The van der Waals surface area contributed by atoms with Gasteiger partial charge in [-0.1, -0.05) is 13.8 Å². The zero-order valence-corrected chi connectivity index (χ0v) is 8.76. The lowest BCUT2D eigenvalue weighted by Gasteiger charge is -2.19. The highest BCUT2D eigenvalue weighted by atomic mass is 16.2. The first kappa shape index (κ1) is 9.89. The lowest BCUT2D eigenvalue weighted by molar-refractivity contribution is -0.116. The van der Waals surface area contributed by atoms with Gasteiger partial charge in [0.2, 0.25) is 5.91 Å². The Morgan fingerprint density at radius 3 is 2.67 bits per heavy atom. The third-order valence-electron chi connectivity index (χ3n) is 2.53. The highest BCUT2D eigenvalue weighted by Crippen LogP contribution is 2.25. The van der Waals surface area contributed by atoms with Gasteiger partial charge >= 0.3 is 0 Å². The van der Waals surface area contributed by atoms with E-state index in [1.807, 2.05) is 13.8 Å². The Kier molecular flexibility index (Phi) is 2.30. The van der Waals surface area contributed by atoms with Crippen LogP contribution < -0.4 is 10.9 Å². The van der Waals surface area contributed by atoms with Gasteiger partial charge in [-0.3, -0.25) is 9.59 Å². The van der Waals surface area contributed by atoms with E-state index in [0.717, 1.165) is 11.3 Å². The second kappa shape index (κ2) is 3.49. The molecule has 0 unspecified atom stereocenters. The summed E-state index contributed by atoms with van der Waals surface area (Å²) in [6.45, 7) is 4.02. The van der Waals surface area contributed by atoms with Crippen molar-refractivity contribution in [1.29, 1.82) is 0 Å². The molecule has 15 heavy (non-hydrogen) atoms. The molecule has 5 heteroatoms. The van der Waals surface area contributed by atoms with E-state index in [4.69, 9.17) is 0 Å². The SMILES string of the molecule is CC(C)c1n[nH]c(=O)c2c1CCC(=O)N2. The summed E-state index contributed by atoms with van der Waals surface area (Å²) in [5.74, 6) is 0.138. The number of aromatic amines is 1. The fraction of sp³-hybridized carbons (Fsp3) is 0.500. The summed E-state index contributed by atoms with van der Waals surface area (Å²) in [5.41, 5.74) is 1.81. The number of rotatable bonds is 1. The fourth-order valence-corrected chi connectivity index (χ4v) is 1.80. The van der Waals surface area contributed by atoms with E-state index in [1.165, 1.54) is 0 Å². The van der Waals surface area contributed by atoms with Crippen molar-refractivity contribution in [3.8, 4) is 0 Å². The van der Waals surface area contributed by atoms with Crippen molar-refractivity contribution in [2.24, 2.45) is 0 Å². The molecular weight excluding hydrogens is 194 g/mol. The van der Waals surface area contributed by atoms with Crippen LogP contribution in [0.1, 0.15) is 37.4 Å². The molecule has 1 aromatic heterocycles. The first-order chi connectivity index (χ1) is 7.09. The summed E-state index contributed by atoms with van der Waals surface area (Å²) < 4.78 is 0. The van der Waals surface area contributed by atoms with Crippen LogP contribution in [0.15, 0.2) is 4.79 Å². The Labute approximate surface area is 86.9 Å². The Bertz CT molecular complexity index is 462. The summed E-state index contributed by atoms with van der Waals surface area (Å²) in [6, 6.07) is 0. The molecule has 1 aliphatic rings. The van der Waals surface area contributed by atoms with Crippen LogP contribution in [0.3, 0.4) is 0 Å². The van der Waals surface area contributed by atoms with Gasteiger partial charge in [0.25, 0.3) is 5.56 Å². The average molecular weight is 207 g/mol. The van der Waals surface area contributed by atoms with Crippen LogP contribution in [0.5, 0.6) is 0 Å². The molecular formula is C10H13N3O2. The summed E-state index contributed by atoms with van der Waals surface area (Å²) in [6.07, 6.45) is 1.03. The van der Waals surface area contributed by atoms with Crippen molar-refractivity contribution in [2.45, 2.75) is 32.6 Å². The zero-order chi connectivity index (χ0) is 11.0. The van der Waals surface area contributed by atoms with Crippen molar-refractivity contribution in [2.75, 3.05) is 5.32 Å². The maximum atomic E-state index is 11.5. The minimum absolute atomic E-state index is 0.103. The molecule has 2 heterocycles. The number of carbonyl (C=O) groups excluding carboxylic acids is 1. The maximum Gasteiger partial charge on any atom is 0.288 e. The molecule has 0 spiro atoms. The van der Waals surface area contributed by atoms with Crippen LogP contribution in [0.25, 0.3) is 0 Å². The van der Waals surface area contributed by atoms with Crippen molar-refractivity contribution in [3.63, 3.8) is 0 Å². The van der Waals surface area contributed by atoms with Gasteiger partial charge in [0.15, 0.2) is 0 Å². The molecule has 0 saturated heterocycles. The first-order valence-electron chi connectivity index (χ1n) is 5.01. The third-order valence-corrected chi connectivity index (χ3v) is 2.53. The Balaban J connectivity index is 2.60. The van der Waals surface area contributed by atoms with Crippen LogP contribution in [0.2, 0.25) is 0 Å². The summed E-state index contributed by atoms with van der Waals surface area (Å²) in [7, 11) is 0. The third kappa shape index (κ3) is 1.65. The van der Waals surface area contributed by atoms with Crippen LogP contribution in [-0.4, -0.2) is 16.1 Å². The maximum absolute atomic E-state index is 11.5. The average Bonchev–Trinajstić information content (AvgIpc) is 2.19. The van der Waals surface area contributed by atoms with E-state index >= 15 is 0 Å². The molecule has 0 fully saturated rings. The van der Waals surface area contributed by atoms with E-state index in [-0.39, 0.29) is 17.4 Å². The van der Waals surface area contributed by atoms with Crippen molar-refractivity contribution in [3.05, 3.63) is 21.6 Å². The highest BCUT2D eigenvalue weighted by molar-refractivity contribution is 5.93. The monoisotopic (exact) mass is 207 g/mol. The van der Waals surface area contributed by atoms with E-state index in [2.05, 4.69) is 15.5 Å². The van der Waals surface area contributed by atoms with Crippen molar-refractivity contribution < 1.29 is 4.79 Å². The summed E-state index contributed by atoms with van der Waals surface area (Å²) in [5, 5.41) is 9.04. The normalized spacial score (nSPS) is 15.0. The number of anilines is 1. The number of H-pyrrole nitrogens is 1.